The zero-order chi connectivity index (χ0) is 26.8. The maximum absolute atomic E-state index is 13.7. The molecule has 7 nitrogen and oxygen atoms in total. The summed E-state index contributed by atoms with van der Waals surface area (Å²) in [7, 11) is 0. The van der Waals surface area contributed by atoms with Crippen molar-refractivity contribution in [3.63, 3.8) is 0 Å². The first-order chi connectivity index (χ1) is 18.3. The number of hydrogen-bond acceptors (Lipinski definition) is 5. The fourth-order valence-electron chi connectivity index (χ4n) is 6.24. The Balaban J connectivity index is 1.16. The number of benzene rings is 1. The van der Waals surface area contributed by atoms with Crippen LogP contribution in [0.15, 0.2) is 35.0 Å². The van der Waals surface area contributed by atoms with Gasteiger partial charge in [0.05, 0.1) is 5.56 Å². The Bertz CT molecular complexity index is 1150. The van der Waals surface area contributed by atoms with Crippen LogP contribution in [0.5, 0.6) is 0 Å². The van der Waals surface area contributed by atoms with Crippen LogP contribution in [0.4, 0.5) is 5.69 Å². The number of anilines is 1. The molecule has 1 aromatic carbocycles. The quantitative estimate of drug-likeness (QED) is 0.507. The molecule has 3 fully saturated rings. The maximum Gasteiger partial charge on any atom is 0.254 e. The van der Waals surface area contributed by atoms with E-state index in [1.165, 1.54) is 0 Å². The van der Waals surface area contributed by atoms with E-state index in [-0.39, 0.29) is 23.6 Å². The van der Waals surface area contributed by atoms with Gasteiger partial charge in [0.15, 0.2) is 0 Å². The zero-order valence-corrected chi connectivity index (χ0v) is 23.8. The summed E-state index contributed by atoms with van der Waals surface area (Å²) in [4.78, 5) is 46.4. The van der Waals surface area contributed by atoms with Gasteiger partial charge in [-0.15, -0.1) is 0 Å². The molecule has 1 aromatic heterocycles. The number of piperidine rings is 1. The molecule has 3 amide bonds. The normalized spacial score (nSPS) is 22.1. The van der Waals surface area contributed by atoms with Gasteiger partial charge in [0.1, 0.15) is 0 Å². The molecule has 3 aliphatic rings. The molecule has 2 unspecified atom stereocenters. The summed E-state index contributed by atoms with van der Waals surface area (Å²) in [6.07, 6.45) is 2.27. The van der Waals surface area contributed by atoms with Crippen LogP contribution in [0.1, 0.15) is 42.1 Å². The number of fused-ring (bicyclic) bond motifs is 1. The van der Waals surface area contributed by atoms with Gasteiger partial charge in [-0.05, 0) is 73.7 Å². The molecule has 2 aromatic rings. The molecule has 0 bridgehead atoms. The predicted molar refractivity (Wildman–Crippen MR) is 152 cm³/mol. The molecule has 3 saturated heterocycles. The van der Waals surface area contributed by atoms with Crippen molar-refractivity contribution in [1.29, 1.82) is 0 Å². The lowest BCUT2D eigenvalue weighted by Gasteiger charge is -2.34. The van der Waals surface area contributed by atoms with Crippen molar-refractivity contribution in [2.75, 3.05) is 57.3 Å². The van der Waals surface area contributed by atoms with Crippen LogP contribution >= 0.6 is 22.9 Å². The predicted octanol–water partition coefficient (Wildman–Crippen LogP) is 4.40. The van der Waals surface area contributed by atoms with E-state index in [2.05, 4.69) is 4.90 Å². The van der Waals surface area contributed by atoms with Gasteiger partial charge >= 0.3 is 0 Å². The van der Waals surface area contributed by atoms with Gasteiger partial charge in [-0.2, -0.15) is 11.3 Å². The van der Waals surface area contributed by atoms with Gasteiger partial charge in [-0.3, -0.25) is 14.4 Å². The van der Waals surface area contributed by atoms with Gasteiger partial charge in [-0.1, -0.05) is 17.7 Å². The molecule has 0 saturated carbocycles. The highest BCUT2D eigenvalue weighted by molar-refractivity contribution is 7.08. The van der Waals surface area contributed by atoms with E-state index >= 15 is 0 Å². The molecule has 38 heavy (non-hydrogen) atoms. The maximum atomic E-state index is 13.7. The standard InChI is InChI=1S/C29H37ClN4O3S/c1-20-4-5-26(14-27(20)30)34(29(37)22-6-11-32(12-7-22)21(2)35)10-3-9-31-15-24-17-33(18-25(24)16-31)28(36)23-8-13-38-19-23/h4-5,8,13-14,19,22,24-25H,3,6-7,9-12,15-18H2,1-2H3. The van der Waals surface area contributed by atoms with Crippen molar-refractivity contribution in [2.45, 2.75) is 33.1 Å². The molecular weight excluding hydrogens is 520 g/mol. The number of likely N-dealkylation sites (tertiary alicyclic amines) is 3. The van der Waals surface area contributed by atoms with Crippen molar-refractivity contribution >= 4 is 46.3 Å². The Morgan fingerprint density at radius 2 is 1.74 bits per heavy atom. The molecule has 9 heteroatoms. The van der Waals surface area contributed by atoms with E-state index in [9.17, 15) is 14.4 Å². The molecule has 204 valence electrons. The first-order valence-corrected chi connectivity index (χ1v) is 15.0. The smallest absolute Gasteiger partial charge is 0.254 e. The van der Waals surface area contributed by atoms with Crippen molar-refractivity contribution < 1.29 is 14.4 Å². The topological polar surface area (TPSA) is 64.2 Å². The van der Waals surface area contributed by atoms with Crippen LogP contribution in [0.25, 0.3) is 0 Å². The second-order valence-corrected chi connectivity index (χ2v) is 12.2. The minimum atomic E-state index is -0.0800. The Morgan fingerprint density at radius 1 is 1.03 bits per heavy atom. The molecule has 5 rings (SSSR count). The van der Waals surface area contributed by atoms with Crippen molar-refractivity contribution in [3.05, 3.63) is 51.2 Å². The van der Waals surface area contributed by atoms with Gasteiger partial charge < -0.3 is 19.6 Å². The summed E-state index contributed by atoms with van der Waals surface area (Å²) in [5.74, 6) is 1.34. The third kappa shape index (κ3) is 5.92. The van der Waals surface area contributed by atoms with Crippen molar-refractivity contribution in [1.82, 2.24) is 14.7 Å². The van der Waals surface area contributed by atoms with Gasteiger partial charge in [0, 0.05) is 74.7 Å². The third-order valence-electron chi connectivity index (χ3n) is 8.50. The average Bonchev–Trinajstić information content (AvgIpc) is 3.65. The molecule has 3 aliphatic heterocycles. The average molecular weight is 557 g/mol. The van der Waals surface area contributed by atoms with Crippen LogP contribution in [-0.2, 0) is 9.59 Å². The Labute approximate surface area is 234 Å². The SMILES string of the molecule is CC(=O)N1CCC(C(=O)N(CCCN2CC3CN(C(=O)c4ccsc4)CC3C2)c2ccc(C)c(Cl)c2)CC1. The number of thiophene rings is 1. The second-order valence-electron chi connectivity index (χ2n) is 11.1. The lowest BCUT2D eigenvalue weighted by Crippen LogP contribution is -2.44. The van der Waals surface area contributed by atoms with E-state index in [1.54, 1.807) is 18.3 Å². The summed E-state index contributed by atoms with van der Waals surface area (Å²) in [6.45, 7) is 10.1. The number of amides is 3. The number of carbonyl (C=O) groups excluding carboxylic acids is 3. The van der Waals surface area contributed by atoms with Crippen LogP contribution < -0.4 is 4.90 Å². The molecule has 2 atom stereocenters. The first kappa shape index (κ1) is 27.2. The number of halogens is 1. The number of carbonyl (C=O) groups is 3. The monoisotopic (exact) mass is 556 g/mol. The Morgan fingerprint density at radius 3 is 2.34 bits per heavy atom. The van der Waals surface area contributed by atoms with Crippen molar-refractivity contribution in [3.8, 4) is 0 Å². The minimum Gasteiger partial charge on any atom is -0.343 e. The van der Waals surface area contributed by atoms with Gasteiger partial charge in [0.25, 0.3) is 5.91 Å². The zero-order valence-electron chi connectivity index (χ0n) is 22.3. The van der Waals surface area contributed by atoms with E-state index < -0.39 is 0 Å². The lowest BCUT2D eigenvalue weighted by atomic mass is 9.94. The summed E-state index contributed by atoms with van der Waals surface area (Å²) in [5.41, 5.74) is 2.65. The first-order valence-electron chi connectivity index (χ1n) is 13.7. The summed E-state index contributed by atoms with van der Waals surface area (Å²) in [6, 6.07) is 7.78. The Kier molecular flexibility index (Phi) is 8.41. The molecular formula is C29H37ClN4O3S. The molecule has 0 radical (unpaired) electrons. The van der Waals surface area contributed by atoms with Crippen LogP contribution in [0.2, 0.25) is 5.02 Å². The lowest BCUT2D eigenvalue weighted by molar-refractivity contribution is -0.133. The van der Waals surface area contributed by atoms with E-state index in [0.29, 0.717) is 49.3 Å². The minimum absolute atomic E-state index is 0.0763. The van der Waals surface area contributed by atoms with Crippen molar-refractivity contribution in [2.24, 2.45) is 17.8 Å². The summed E-state index contributed by atoms with van der Waals surface area (Å²) < 4.78 is 0. The largest absolute Gasteiger partial charge is 0.343 e. The number of nitrogens with zero attached hydrogens (tertiary/aromatic N) is 4. The molecule has 0 N–H and O–H groups in total. The fourth-order valence-corrected chi connectivity index (χ4v) is 7.04. The molecule has 0 aliphatic carbocycles. The Hall–Kier alpha value is -2.42. The van der Waals surface area contributed by atoms with Gasteiger partial charge in [0.2, 0.25) is 11.8 Å². The fraction of sp³-hybridized carbons (Fsp3) is 0.552. The van der Waals surface area contributed by atoms with E-state index in [0.717, 1.165) is 56.0 Å². The van der Waals surface area contributed by atoms with E-state index in [1.807, 2.05) is 56.6 Å². The number of hydrogen-bond donors (Lipinski definition) is 0. The molecule has 4 heterocycles. The highest BCUT2D eigenvalue weighted by Crippen LogP contribution is 2.33. The highest BCUT2D eigenvalue weighted by atomic mass is 35.5. The summed E-state index contributed by atoms with van der Waals surface area (Å²) in [5, 5.41) is 4.56. The van der Waals surface area contributed by atoms with Crippen LogP contribution in [0.3, 0.4) is 0 Å². The highest BCUT2D eigenvalue weighted by Gasteiger charge is 2.41. The summed E-state index contributed by atoms with van der Waals surface area (Å²) >= 11 is 8.01. The third-order valence-corrected chi connectivity index (χ3v) is 9.59. The van der Waals surface area contributed by atoms with Crippen LogP contribution in [-0.4, -0.2) is 84.8 Å². The van der Waals surface area contributed by atoms with Crippen LogP contribution in [0, 0.1) is 24.7 Å². The molecule has 0 spiro atoms. The number of rotatable bonds is 7. The van der Waals surface area contributed by atoms with Gasteiger partial charge in [-0.25, -0.2) is 0 Å². The number of aryl methyl sites for hydroxylation is 1. The second kappa shape index (κ2) is 11.8. The van der Waals surface area contributed by atoms with E-state index in [4.69, 9.17) is 11.6 Å².